The lowest BCUT2D eigenvalue weighted by Crippen LogP contribution is -2.48. The maximum Gasteiger partial charge on any atom is 0.317 e. The zero-order chi connectivity index (χ0) is 14.0. The molecule has 1 aliphatic heterocycles. The van der Waals surface area contributed by atoms with Gasteiger partial charge in [0.2, 0.25) is 0 Å². The van der Waals surface area contributed by atoms with Crippen molar-refractivity contribution in [1.29, 1.82) is 0 Å². The number of aliphatic carboxylic acids is 1. The zero-order valence-corrected chi connectivity index (χ0v) is 11.9. The van der Waals surface area contributed by atoms with Crippen LogP contribution in [0.4, 0.5) is 5.69 Å². The van der Waals surface area contributed by atoms with Gasteiger partial charge < -0.3 is 10.0 Å². The molecule has 1 aliphatic rings. The standard InChI is InChI=1S/C15H22N2O2/c1-11-8-13(3)14(9-12(11)2)17-6-4-16(5-7-17)10-15(18)19/h8-9H,4-7,10H2,1-3H3,(H,18,19). The molecule has 1 fully saturated rings. The molecule has 104 valence electrons. The van der Waals surface area contributed by atoms with Crippen molar-refractivity contribution in [3.63, 3.8) is 0 Å². The third-order valence-electron chi connectivity index (χ3n) is 3.88. The summed E-state index contributed by atoms with van der Waals surface area (Å²) in [5.74, 6) is -0.740. The first-order valence-electron chi connectivity index (χ1n) is 6.74. The first-order valence-corrected chi connectivity index (χ1v) is 6.74. The molecule has 19 heavy (non-hydrogen) atoms. The second kappa shape index (κ2) is 5.61. The highest BCUT2D eigenvalue weighted by Gasteiger charge is 2.20. The lowest BCUT2D eigenvalue weighted by molar-refractivity contribution is -0.138. The van der Waals surface area contributed by atoms with Crippen LogP contribution in [0.5, 0.6) is 0 Å². The van der Waals surface area contributed by atoms with Crippen molar-refractivity contribution < 1.29 is 9.90 Å². The molecule has 2 rings (SSSR count). The molecule has 0 saturated carbocycles. The molecule has 1 saturated heterocycles. The Bertz CT molecular complexity index is 477. The van der Waals surface area contributed by atoms with E-state index in [-0.39, 0.29) is 6.54 Å². The van der Waals surface area contributed by atoms with Crippen LogP contribution < -0.4 is 4.90 Å². The Morgan fingerprint density at radius 1 is 1.05 bits per heavy atom. The molecule has 0 aliphatic carbocycles. The van der Waals surface area contributed by atoms with Crippen molar-refractivity contribution in [2.75, 3.05) is 37.6 Å². The third kappa shape index (κ3) is 3.26. The number of piperazine rings is 1. The second-order valence-electron chi connectivity index (χ2n) is 5.38. The lowest BCUT2D eigenvalue weighted by Gasteiger charge is -2.36. The van der Waals surface area contributed by atoms with Crippen LogP contribution in [0.25, 0.3) is 0 Å². The van der Waals surface area contributed by atoms with Crippen LogP contribution in [-0.2, 0) is 4.79 Å². The fourth-order valence-electron chi connectivity index (χ4n) is 2.62. The summed E-state index contributed by atoms with van der Waals surface area (Å²) in [6.45, 7) is 10.0. The Morgan fingerprint density at radius 3 is 2.21 bits per heavy atom. The van der Waals surface area contributed by atoms with E-state index in [0.717, 1.165) is 26.2 Å². The number of hydrogen-bond donors (Lipinski definition) is 1. The fourth-order valence-corrected chi connectivity index (χ4v) is 2.62. The molecule has 1 aromatic rings. The summed E-state index contributed by atoms with van der Waals surface area (Å²) in [6.07, 6.45) is 0. The first kappa shape index (κ1) is 13.9. The van der Waals surface area contributed by atoms with Crippen molar-refractivity contribution in [3.05, 3.63) is 28.8 Å². The van der Waals surface area contributed by atoms with Crippen LogP contribution in [0.3, 0.4) is 0 Å². The molecule has 0 spiro atoms. The van der Waals surface area contributed by atoms with Gasteiger partial charge in [0.1, 0.15) is 0 Å². The number of hydrogen-bond acceptors (Lipinski definition) is 3. The van der Waals surface area contributed by atoms with E-state index in [1.165, 1.54) is 22.4 Å². The van der Waals surface area contributed by atoms with E-state index in [1.54, 1.807) is 0 Å². The van der Waals surface area contributed by atoms with Crippen LogP contribution in [0, 0.1) is 20.8 Å². The predicted octanol–water partition coefficient (Wildman–Crippen LogP) is 1.82. The SMILES string of the molecule is Cc1cc(C)c(N2CCN(CC(=O)O)CC2)cc1C. The van der Waals surface area contributed by atoms with Gasteiger partial charge in [-0.05, 0) is 43.5 Å². The van der Waals surface area contributed by atoms with Gasteiger partial charge in [-0.2, -0.15) is 0 Å². The molecule has 0 radical (unpaired) electrons. The highest BCUT2D eigenvalue weighted by molar-refractivity contribution is 5.69. The summed E-state index contributed by atoms with van der Waals surface area (Å²) < 4.78 is 0. The summed E-state index contributed by atoms with van der Waals surface area (Å²) >= 11 is 0. The molecule has 1 N–H and O–H groups in total. The summed E-state index contributed by atoms with van der Waals surface area (Å²) in [4.78, 5) is 15.1. The van der Waals surface area contributed by atoms with Crippen LogP contribution in [0.1, 0.15) is 16.7 Å². The minimum Gasteiger partial charge on any atom is -0.480 e. The zero-order valence-electron chi connectivity index (χ0n) is 11.9. The maximum atomic E-state index is 10.7. The number of nitrogens with zero attached hydrogens (tertiary/aromatic N) is 2. The van der Waals surface area contributed by atoms with Crippen molar-refractivity contribution in [2.45, 2.75) is 20.8 Å². The van der Waals surface area contributed by atoms with Gasteiger partial charge in [-0.25, -0.2) is 0 Å². The minimum atomic E-state index is -0.740. The van der Waals surface area contributed by atoms with Crippen LogP contribution in [0.2, 0.25) is 0 Å². The van der Waals surface area contributed by atoms with Crippen LogP contribution in [-0.4, -0.2) is 48.7 Å². The van der Waals surface area contributed by atoms with Gasteiger partial charge in [0.05, 0.1) is 6.54 Å². The molecular formula is C15H22N2O2. The Balaban J connectivity index is 2.05. The Kier molecular flexibility index (Phi) is 4.10. The van der Waals surface area contributed by atoms with Gasteiger partial charge in [0.25, 0.3) is 0 Å². The van der Waals surface area contributed by atoms with Gasteiger partial charge in [-0.15, -0.1) is 0 Å². The molecule has 1 heterocycles. The molecule has 0 aromatic heterocycles. The Labute approximate surface area is 114 Å². The van der Waals surface area contributed by atoms with Crippen molar-refractivity contribution in [1.82, 2.24) is 4.90 Å². The number of aryl methyl sites for hydroxylation is 3. The Hall–Kier alpha value is -1.55. The summed E-state index contributed by atoms with van der Waals surface area (Å²) in [7, 11) is 0. The van der Waals surface area contributed by atoms with Crippen molar-refractivity contribution in [2.24, 2.45) is 0 Å². The Morgan fingerprint density at radius 2 is 1.63 bits per heavy atom. The van der Waals surface area contributed by atoms with E-state index in [9.17, 15) is 4.79 Å². The van der Waals surface area contributed by atoms with E-state index in [4.69, 9.17) is 5.11 Å². The third-order valence-corrected chi connectivity index (χ3v) is 3.88. The quantitative estimate of drug-likeness (QED) is 0.902. The monoisotopic (exact) mass is 262 g/mol. The number of carboxylic acids is 1. The number of carbonyl (C=O) groups is 1. The topological polar surface area (TPSA) is 43.8 Å². The van der Waals surface area contributed by atoms with Crippen molar-refractivity contribution >= 4 is 11.7 Å². The summed E-state index contributed by atoms with van der Waals surface area (Å²) in [5.41, 5.74) is 5.23. The fraction of sp³-hybridized carbons (Fsp3) is 0.533. The number of rotatable bonds is 3. The molecule has 1 aromatic carbocycles. The molecule has 0 unspecified atom stereocenters. The normalized spacial score (nSPS) is 16.7. The highest BCUT2D eigenvalue weighted by Crippen LogP contribution is 2.25. The minimum absolute atomic E-state index is 0.153. The smallest absolute Gasteiger partial charge is 0.317 e. The van der Waals surface area contributed by atoms with Gasteiger partial charge in [0.15, 0.2) is 0 Å². The molecule has 0 bridgehead atoms. The second-order valence-corrected chi connectivity index (χ2v) is 5.38. The average molecular weight is 262 g/mol. The lowest BCUT2D eigenvalue weighted by atomic mass is 10.0. The van der Waals surface area contributed by atoms with E-state index >= 15 is 0 Å². The van der Waals surface area contributed by atoms with Gasteiger partial charge in [0, 0.05) is 31.9 Å². The van der Waals surface area contributed by atoms with Gasteiger partial charge in [-0.3, -0.25) is 9.69 Å². The summed E-state index contributed by atoms with van der Waals surface area (Å²) in [6, 6.07) is 4.48. The van der Waals surface area contributed by atoms with E-state index in [0.29, 0.717) is 0 Å². The number of carboxylic acid groups (broad SMARTS) is 1. The van der Waals surface area contributed by atoms with E-state index < -0.39 is 5.97 Å². The largest absolute Gasteiger partial charge is 0.480 e. The highest BCUT2D eigenvalue weighted by atomic mass is 16.4. The van der Waals surface area contributed by atoms with Crippen molar-refractivity contribution in [3.8, 4) is 0 Å². The number of anilines is 1. The molecule has 0 amide bonds. The molecule has 4 heteroatoms. The average Bonchev–Trinajstić information content (AvgIpc) is 2.34. The van der Waals surface area contributed by atoms with Crippen LogP contribution in [0.15, 0.2) is 12.1 Å². The van der Waals surface area contributed by atoms with Gasteiger partial charge in [-0.1, -0.05) is 6.07 Å². The van der Waals surface area contributed by atoms with E-state index in [2.05, 4.69) is 37.8 Å². The van der Waals surface area contributed by atoms with Crippen LogP contribution >= 0.6 is 0 Å². The first-order chi connectivity index (χ1) is 8.97. The maximum absolute atomic E-state index is 10.7. The van der Waals surface area contributed by atoms with Gasteiger partial charge >= 0.3 is 5.97 Å². The number of benzene rings is 1. The summed E-state index contributed by atoms with van der Waals surface area (Å²) in [5, 5.41) is 8.80. The molecule has 0 atom stereocenters. The molecule has 4 nitrogen and oxygen atoms in total. The predicted molar refractivity (Wildman–Crippen MR) is 76.9 cm³/mol. The van der Waals surface area contributed by atoms with E-state index in [1.807, 2.05) is 4.90 Å². The molecular weight excluding hydrogens is 240 g/mol.